The summed E-state index contributed by atoms with van der Waals surface area (Å²) in [6.45, 7) is 5.21. The Morgan fingerprint density at radius 3 is 2.55 bits per heavy atom. The molecule has 9 nitrogen and oxygen atoms in total. The van der Waals surface area contributed by atoms with Crippen molar-refractivity contribution in [1.29, 1.82) is 0 Å². The van der Waals surface area contributed by atoms with Crippen molar-refractivity contribution in [1.82, 2.24) is 20.2 Å². The van der Waals surface area contributed by atoms with Gasteiger partial charge in [0.05, 0.1) is 12.3 Å². The van der Waals surface area contributed by atoms with Gasteiger partial charge in [-0.05, 0) is 71.3 Å². The van der Waals surface area contributed by atoms with Crippen LogP contribution < -0.4 is 10.1 Å². The summed E-state index contributed by atoms with van der Waals surface area (Å²) < 4.78 is 20.9. The molecule has 4 rings (SSSR count). The molecule has 3 aromatic rings. The number of imidazole rings is 1. The third kappa shape index (κ3) is 5.69. The van der Waals surface area contributed by atoms with Crippen LogP contribution in [0.5, 0.6) is 5.75 Å². The van der Waals surface area contributed by atoms with E-state index in [0.717, 1.165) is 3.57 Å². The number of amides is 3. The predicted octanol–water partition coefficient (Wildman–Crippen LogP) is 4.24. The summed E-state index contributed by atoms with van der Waals surface area (Å²) in [5.74, 6) is -0.0710. The molecule has 1 aliphatic heterocycles. The number of aromatic amines is 1. The maximum Gasteiger partial charge on any atom is 0.325 e. The Hall–Kier alpha value is -3.03. The number of carbonyl (C=O) groups is 2. The number of halogens is 2. The van der Waals surface area contributed by atoms with Crippen LogP contribution in [-0.2, 0) is 4.79 Å². The molecule has 1 aromatic heterocycles. The van der Waals surface area contributed by atoms with Crippen molar-refractivity contribution in [3.05, 3.63) is 68.9 Å². The Morgan fingerprint density at radius 2 is 1.92 bits per heavy atom. The first kappa shape index (κ1) is 28.0. The number of aliphatic hydroxyl groups excluding tert-OH is 2. The van der Waals surface area contributed by atoms with Crippen LogP contribution in [0.3, 0.4) is 0 Å². The number of imide groups is 1. The molecule has 11 heteroatoms. The first-order chi connectivity index (χ1) is 18.1. The molecule has 2 aromatic carbocycles. The molecule has 1 aliphatic rings. The number of H-pyrrole nitrogens is 1. The van der Waals surface area contributed by atoms with E-state index in [4.69, 9.17) is 9.84 Å². The maximum absolute atomic E-state index is 14.7. The summed E-state index contributed by atoms with van der Waals surface area (Å²) in [6.07, 6.45) is -0.324. The van der Waals surface area contributed by atoms with Crippen molar-refractivity contribution in [3.63, 3.8) is 0 Å². The molecule has 3 amide bonds. The van der Waals surface area contributed by atoms with Crippen molar-refractivity contribution < 1.29 is 28.9 Å². The second kappa shape index (κ2) is 11.8. The topological polar surface area (TPSA) is 128 Å². The van der Waals surface area contributed by atoms with Crippen LogP contribution in [0.25, 0.3) is 11.3 Å². The number of ether oxygens (including phenoxy) is 1. The Balaban J connectivity index is 1.61. The molecule has 0 aliphatic carbocycles. The highest BCUT2D eigenvalue weighted by molar-refractivity contribution is 14.1. The minimum atomic E-state index is -0.996. The summed E-state index contributed by atoms with van der Waals surface area (Å²) >= 11 is 2.04. The molecule has 1 fully saturated rings. The van der Waals surface area contributed by atoms with E-state index in [1.54, 1.807) is 43.3 Å². The molecular formula is C27H30FIN4O5. The Bertz CT molecular complexity index is 1320. The van der Waals surface area contributed by atoms with Crippen molar-refractivity contribution in [2.24, 2.45) is 5.92 Å². The SMILES string of the molecule is CC[C@H](C)[C@@H](c1nc(-c2ccc(I)cc2F)c(C)[nH]1)N1C(=O)N[C@H](c2ccc(OC[C@H](O)CO)cc2)C1=O. The Morgan fingerprint density at radius 1 is 1.21 bits per heavy atom. The van der Waals surface area contributed by atoms with Crippen molar-refractivity contribution in [2.75, 3.05) is 13.2 Å². The Labute approximate surface area is 233 Å². The number of carbonyl (C=O) groups excluding carboxylic acids is 2. The molecule has 0 spiro atoms. The van der Waals surface area contributed by atoms with E-state index in [1.165, 1.54) is 11.0 Å². The average Bonchev–Trinajstić information content (AvgIpc) is 3.42. The lowest BCUT2D eigenvalue weighted by Crippen LogP contribution is -2.38. The van der Waals surface area contributed by atoms with Crippen LogP contribution in [0, 0.1) is 22.2 Å². The second-order valence-corrected chi connectivity index (χ2v) is 10.6. The number of urea groups is 1. The third-order valence-electron chi connectivity index (χ3n) is 6.67. The predicted molar refractivity (Wildman–Crippen MR) is 147 cm³/mol. The number of rotatable bonds is 10. The number of hydrogen-bond donors (Lipinski definition) is 4. The smallest absolute Gasteiger partial charge is 0.325 e. The van der Waals surface area contributed by atoms with Gasteiger partial charge in [-0.15, -0.1) is 0 Å². The van der Waals surface area contributed by atoms with Gasteiger partial charge in [0.1, 0.15) is 42.2 Å². The van der Waals surface area contributed by atoms with Crippen LogP contribution in [0.2, 0.25) is 0 Å². The quantitative estimate of drug-likeness (QED) is 0.195. The van der Waals surface area contributed by atoms with Gasteiger partial charge in [0.15, 0.2) is 0 Å². The number of nitrogens with one attached hydrogen (secondary N) is 2. The summed E-state index contributed by atoms with van der Waals surface area (Å²) in [5, 5.41) is 21.2. The number of hydrogen-bond acceptors (Lipinski definition) is 6. The molecule has 0 saturated carbocycles. The molecule has 1 saturated heterocycles. The standard InChI is InChI=1S/C27H30FIN4O5/c1-4-14(2)24(25-30-15(3)22(31-25)20-10-7-17(29)11-21(20)28)33-26(36)23(32-27(33)37)16-5-8-19(9-6-16)38-13-18(35)12-34/h5-11,14,18,23-24,34-35H,4,12-13H2,1-3H3,(H,30,31)(H,32,37)/t14-,18+,23+,24-/m0/s1. The van der Waals surface area contributed by atoms with Gasteiger partial charge in [-0.3, -0.25) is 9.69 Å². The van der Waals surface area contributed by atoms with Gasteiger partial charge in [-0.25, -0.2) is 14.2 Å². The summed E-state index contributed by atoms with van der Waals surface area (Å²) in [5.41, 5.74) is 1.99. The fourth-order valence-electron chi connectivity index (χ4n) is 4.42. The second-order valence-electron chi connectivity index (χ2n) is 9.36. The third-order valence-corrected chi connectivity index (χ3v) is 7.34. The zero-order valence-electron chi connectivity index (χ0n) is 21.2. The minimum absolute atomic E-state index is 0.0734. The molecule has 38 heavy (non-hydrogen) atoms. The number of aliphatic hydroxyl groups is 2. The largest absolute Gasteiger partial charge is 0.491 e. The lowest BCUT2D eigenvalue weighted by molar-refractivity contribution is -0.130. The van der Waals surface area contributed by atoms with E-state index in [9.17, 15) is 19.1 Å². The van der Waals surface area contributed by atoms with E-state index in [-0.39, 0.29) is 12.5 Å². The normalized spacial score (nSPS) is 17.9. The number of aryl methyl sites for hydroxylation is 1. The van der Waals surface area contributed by atoms with Crippen molar-refractivity contribution in [3.8, 4) is 17.0 Å². The van der Waals surface area contributed by atoms with Crippen LogP contribution >= 0.6 is 22.6 Å². The van der Waals surface area contributed by atoms with E-state index >= 15 is 0 Å². The summed E-state index contributed by atoms with van der Waals surface area (Å²) in [7, 11) is 0. The highest BCUT2D eigenvalue weighted by atomic mass is 127. The molecule has 4 N–H and O–H groups in total. The molecule has 4 atom stereocenters. The van der Waals surface area contributed by atoms with Gasteiger partial charge in [0.2, 0.25) is 0 Å². The fourth-order valence-corrected chi connectivity index (χ4v) is 4.87. The zero-order valence-corrected chi connectivity index (χ0v) is 23.4. The van der Waals surface area contributed by atoms with Gasteiger partial charge >= 0.3 is 6.03 Å². The first-order valence-electron chi connectivity index (χ1n) is 12.3. The zero-order chi connectivity index (χ0) is 27.6. The molecule has 2 heterocycles. The average molecular weight is 636 g/mol. The molecule has 0 unspecified atom stereocenters. The van der Waals surface area contributed by atoms with E-state index in [1.807, 2.05) is 36.4 Å². The van der Waals surface area contributed by atoms with E-state index < -0.39 is 42.6 Å². The number of nitrogens with zero attached hydrogens (tertiary/aromatic N) is 2. The molecular weight excluding hydrogens is 606 g/mol. The molecule has 0 bridgehead atoms. The van der Waals surface area contributed by atoms with Gasteiger partial charge in [0.25, 0.3) is 5.91 Å². The monoisotopic (exact) mass is 636 g/mol. The number of aromatic nitrogens is 2. The number of benzene rings is 2. The minimum Gasteiger partial charge on any atom is -0.491 e. The fraction of sp³-hybridized carbons (Fsp3) is 0.370. The lowest BCUT2D eigenvalue weighted by atomic mass is 9.96. The van der Waals surface area contributed by atoms with Gasteiger partial charge < -0.3 is 25.3 Å². The van der Waals surface area contributed by atoms with Crippen LogP contribution in [0.1, 0.15) is 49.4 Å². The van der Waals surface area contributed by atoms with Crippen LogP contribution in [-0.4, -0.2) is 56.3 Å². The maximum atomic E-state index is 14.7. The van der Waals surface area contributed by atoms with E-state index in [0.29, 0.717) is 40.5 Å². The first-order valence-corrected chi connectivity index (χ1v) is 13.4. The Kier molecular flexibility index (Phi) is 8.68. The van der Waals surface area contributed by atoms with Crippen LogP contribution in [0.15, 0.2) is 42.5 Å². The molecule has 202 valence electrons. The van der Waals surface area contributed by atoms with Crippen LogP contribution in [0.4, 0.5) is 9.18 Å². The van der Waals surface area contributed by atoms with Gasteiger partial charge in [-0.1, -0.05) is 32.4 Å². The molecule has 0 radical (unpaired) electrons. The van der Waals surface area contributed by atoms with E-state index in [2.05, 4.69) is 15.3 Å². The highest BCUT2D eigenvalue weighted by Gasteiger charge is 2.46. The van der Waals surface area contributed by atoms with Crippen molar-refractivity contribution >= 4 is 34.5 Å². The highest BCUT2D eigenvalue weighted by Crippen LogP contribution is 2.37. The lowest BCUT2D eigenvalue weighted by Gasteiger charge is -2.28. The van der Waals surface area contributed by atoms with Gasteiger partial charge in [-0.2, -0.15) is 0 Å². The van der Waals surface area contributed by atoms with Gasteiger partial charge in [0, 0.05) is 14.8 Å². The van der Waals surface area contributed by atoms with Crippen molar-refractivity contribution in [2.45, 2.75) is 45.4 Å². The summed E-state index contributed by atoms with van der Waals surface area (Å²) in [6, 6.07) is 9.39. The summed E-state index contributed by atoms with van der Waals surface area (Å²) in [4.78, 5) is 35.8.